The van der Waals surface area contributed by atoms with E-state index in [0.29, 0.717) is 37.8 Å². The lowest BCUT2D eigenvalue weighted by Gasteiger charge is -2.35. The van der Waals surface area contributed by atoms with Gasteiger partial charge in [0.15, 0.2) is 0 Å². The van der Waals surface area contributed by atoms with Gasteiger partial charge >= 0.3 is 0 Å². The second-order valence-corrected chi connectivity index (χ2v) is 8.52. The fourth-order valence-electron chi connectivity index (χ4n) is 4.28. The van der Waals surface area contributed by atoms with Crippen LogP contribution in [-0.4, -0.2) is 54.9 Å². The molecule has 1 aliphatic heterocycles. The van der Waals surface area contributed by atoms with E-state index in [-0.39, 0.29) is 29.1 Å². The first kappa shape index (κ1) is 22.6. The van der Waals surface area contributed by atoms with Gasteiger partial charge in [0.1, 0.15) is 11.4 Å². The molecule has 4 rings (SSSR count). The summed E-state index contributed by atoms with van der Waals surface area (Å²) in [6, 6.07) is 12.1. The predicted molar refractivity (Wildman–Crippen MR) is 123 cm³/mol. The molecule has 9 nitrogen and oxygen atoms in total. The zero-order valence-electron chi connectivity index (χ0n) is 18.8. The molecule has 1 aliphatic carbocycles. The molecule has 0 bridgehead atoms. The lowest BCUT2D eigenvalue weighted by Crippen LogP contribution is -2.48. The molecule has 2 aromatic rings. The summed E-state index contributed by atoms with van der Waals surface area (Å²) in [5.74, 6) is 0.765. The minimum atomic E-state index is -0.453. The highest BCUT2D eigenvalue weighted by atomic mass is 16.6. The van der Waals surface area contributed by atoms with Crippen LogP contribution in [0.15, 0.2) is 42.5 Å². The zero-order valence-corrected chi connectivity index (χ0v) is 18.8. The van der Waals surface area contributed by atoms with Crippen molar-refractivity contribution in [2.24, 2.45) is 5.92 Å². The molecule has 174 valence electrons. The summed E-state index contributed by atoms with van der Waals surface area (Å²) in [5.41, 5.74) is 1.60. The van der Waals surface area contributed by atoms with Crippen molar-refractivity contribution >= 4 is 23.2 Å². The first-order chi connectivity index (χ1) is 15.9. The van der Waals surface area contributed by atoms with Crippen LogP contribution in [0, 0.1) is 16.0 Å². The van der Waals surface area contributed by atoms with Gasteiger partial charge < -0.3 is 19.9 Å². The van der Waals surface area contributed by atoms with Crippen LogP contribution in [0.1, 0.15) is 41.7 Å². The number of anilines is 1. The minimum absolute atomic E-state index is 0.00162. The lowest BCUT2D eigenvalue weighted by atomic mass is 10.0. The Bertz CT molecular complexity index is 1040. The number of nitro benzene ring substituents is 1. The summed E-state index contributed by atoms with van der Waals surface area (Å²) in [6.45, 7) is 3.56. The summed E-state index contributed by atoms with van der Waals surface area (Å²) in [7, 11) is 1.61. The number of carbonyl (C=O) groups excluding carboxylic acids is 2. The summed E-state index contributed by atoms with van der Waals surface area (Å²) >= 11 is 0. The van der Waals surface area contributed by atoms with E-state index in [1.165, 1.54) is 13.0 Å². The molecular weight excluding hydrogens is 424 g/mol. The Balaban J connectivity index is 1.52. The molecule has 33 heavy (non-hydrogen) atoms. The molecule has 2 aromatic carbocycles. The number of rotatable bonds is 7. The van der Waals surface area contributed by atoms with Crippen molar-refractivity contribution in [3.05, 3.63) is 63.7 Å². The third kappa shape index (κ3) is 5.08. The number of hydrogen-bond acceptors (Lipinski definition) is 6. The third-order valence-electron chi connectivity index (χ3n) is 6.35. The van der Waals surface area contributed by atoms with Crippen LogP contribution in [-0.2, 0) is 4.79 Å². The highest BCUT2D eigenvalue weighted by molar-refractivity contribution is 5.96. The van der Waals surface area contributed by atoms with Gasteiger partial charge in [-0.2, -0.15) is 0 Å². The lowest BCUT2D eigenvalue weighted by molar-refractivity contribution is -0.384. The zero-order chi connectivity index (χ0) is 23.5. The summed E-state index contributed by atoms with van der Waals surface area (Å²) in [4.78, 5) is 39.6. The Morgan fingerprint density at radius 3 is 2.30 bits per heavy atom. The van der Waals surface area contributed by atoms with Gasteiger partial charge in [-0.25, -0.2) is 0 Å². The topological polar surface area (TPSA) is 105 Å². The monoisotopic (exact) mass is 452 g/mol. The van der Waals surface area contributed by atoms with E-state index < -0.39 is 4.92 Å². The van der Waals surface area contributed by atoms with E-state index in [0.717, 1.165) is 24.2 Å². The first-order valence-corrected chi connectivity index (χ1v) is 11.1. The molecule has 1 atom stereocenters. The van der Waals surface area contributed by atoms with Gasteiger partial charge in [0.05, 0.1) is 18.1 Å². The van der Waals surface area contributed by atoms with Gasteiger partial charge in [-0.3, -0.25) is 19.7 Å². The second-order valence-electron chi connectivity index (χ2n) is 8.52. The van der Waals surface area contributed by atoms with Gasteiger partial charge in [-0.05, 0) is 48.6 Å². The number of nitrogens with one attached hydrogen (secondary N) is 1. The van der Waals surface area contributed by atoms with Crippen LogP contribution < -0.4 is 15.0 Å². The van der Waals surface area contributed by atoms with Gasteiger partial charge in [0.2, 0.25) is 5.91 Å². The van der Waals surface area contributed by atoms with E-state index in [2.05, 4.69) is 5.32 Å². The van der Waals surface area contributed by atoms with E-state index in [1.54, 1.807) is 24.1 Å². The maximum atomic E-state index is 13.0. The van der Waals surface area contributed by atoms with Crippen LogP contribution in [0.4, 0.5) is 11.4 Å². The molecule has 2 fully saturated rings. The molecule has 1 N–H and O–H groups in total. The molecule has 1 saturated heterocycles. The number of amides is 2. The van der Waals surface area contributed by atoms with Crippen molar-refractivity contribution in [2.45, 2.75) is 25.8 Å². The highest BCUT2D eigenvalue weighted by Gasteiger charge is 2.34. The average Bonchev–Trinajstić information content (AvgIpc) is 3.67. The predicted octanol–water partition coefficient (Wildman–Crippen LogP) is 3.15. The van der Waals surface area contributed by atoms with E-state index in [1.807, 2.05) is 29.2 Å². The summed E-state index contributed by atoms with van der Waals surface area (Å²) in [6.07, 6.45) is 2.06. The van der Waals surface area contributed by atoms with Crippen LogP contribution in [0.25, 0.3) is 0 Å². The van der Waals surface area contributed by atoms with Gasteiger partial charge in [0, 0.05) is 44.7 Å². The average molecular weight is 453 g/mol. The summed E-state index contributed by atoms with van der Waals surface area (Å²) < 4.78 is 5.22. The first-order valence-electron chi connectivity index (χ1n) is 11.1. The van der Waals surface area contributed by atoms with Gasteiger partial charge in [-0.15, -0.1) is 0 Å². The largest absolute Gasteiger partial charge is 0.497 e. The Morgan fingerprint density at radius 1 is 1.09 bits per heavy atom. The van der Waals surface area contributed by atoms with Crippen LogP contribution in [0.2, 0.25) is 0 Å². The molecule has 0 spiro atoms. The molecule has 2 aliphatic rings. The molecule has 1 saturated carbocycles. The maximum absolute atomic E-state index is 13.0. The number of ether oxygens (including phenoxy) is 1. The van der Waals surface area contributed by atoms with E-state index >= 15 is 0 Å². The smallest absolute Gasteiger partial charge is 0.293 e. The Hall–Kier alpha value is -3.62. The minimum Gasteiger partial charge on any atom is -0.497 e. The number of nitro groups is 1. The van der Waals surface area contributed by atoms with Gasteiger partial charge in [0.25, 0.3) is 11.6 Å². The number of piperazine rings is 1. The standard InChI is InChI=1S/C24H28N4O5/c1-16(29)26-11-13-27(14-12-26)21-10-7-19(15-22(21)28(31)32)24(30)25-23(17-3-4-17)18-5-8-20(33-2)9-6-18/h5-10,15,17,23H,3-4,11-14H2,1-2H3,(H,25,30). The Kier molecular flexibility index (Phi) is 6.48. The van der Waals surface area contributed by atoms with E-state index in [4.69, 9.17) is 4.74 Å². The van der Waals surface area contributed by atoms with Crippen molar-refractivity contribution < 1.29 is 19.2 Å². The van der Waals surface area contributed by atoms with Crippen LogP contribution >= 0.6 is 0 Å². The van der Waals surface area contributed by atoms with Crippen LogP contribution in [0.5, 0.6) is 5.75 Å². The molecular formula is C24H28N4O5. The quantitative estimate of drug-likeness (QED) is 0.511. The summed E-state index contributed by atoms with van der Waals surface area (Å²) in [5, 5.41) is 14.9. The SMILES string of the molecule is COc1ccc(C(NC(=O)c2ccc(N3CCN(C(C)=O)CC3)c([N+](=O)[O-])c2)C2CC2)cc1. The van der Waals surface area contributed by atoms with Crippen molar-refractivity contribution in [1.82, 2.24) is 10.2 Å². The molecule has 2 amide bonds. The maximum Gasteiger partial charge on any atom is 0.293 e. The van der Waals surface area contributed by atoms with Crippen molar-refractivity contribution in [1.29, 1.82) is 0 Å². The molecule has 1 unspecified atom stereocenters. The van der Waals surface area contributed by atoms with Crippen molar-refractivity contribution in [3.63, 3.8) is 0 Å². The van der Waals surface area contributed by atoms with Crippen molar-refractivity contribution in [2.75, 3.05) is 38.2 Å². The molecule has 0 aromatic heterocycles. The molecule has 9 heteroatoms. The Labute approximate surface area is 192 Å². The number of benzene rings is 2. The number of methoxy groups -OCH3 is 1. The molecule has 1 heterocycles. The van der Waals surface area contributed by atoms with Gasteiger partial charge in [-0.1, -0.05) is 12.1 Å². The number of nitrogens with zero attached hydrogens (tertiary/aromatic N) is 3. The fraction of sp³-hybridized carbons (Fsp3) is 0.417. The van der Waals surface area contributed by atoms with E-state index in [9.17, 15) is 19.7 Å². The number of hydrogen-bond donors (Lipinski definition) is 1. The van der Waals surface area contributed by atoms with Crippen molar-refractivity contribution in [3.8, 4) is 5.75 Å². The third-order valence-corrected chi connectivity index (χ3v) is 6.35. The fourth-order valence-corrected chi connectivity index (χ4v) is 4.28. The number of carbonyl (C=O) groups is 2. The van der Waals surface area contributed by atoms with Crippen LogP contribution in [0.3, 0.4) is 0 Å². The highest BCUT2D eigenvalue weighted by Crippen LogP contribution is 2.41. The molecule has 0 radical (unpaired) electrons. The second kappa shape index (κ2) is 9.48. The normalized spacial score (nSPS) is 16.8. The Morgan fingerprint density at radius 2 is 1.76 bits per heavy atom.